The van der Waals surface area contributed by atoms with Crippen LogP contribution in [0.1, 0.15) is 30.4 Å². The third-order valence-corrected chi connectivity index (χ3v) is 6.53. The summed E-state index contributed by atoms with van der Waals surface area (Å²) in [5.74, 6) is 0. The summed E-state index contributed by atoms with van der Waals surface area (Å²) in [7, 11) is -2.64. The monoisotopic (exact) mass is 432 g/mol. The van der Waals surface area contributed by atoms with E-state index in [9.17, 15) is 8.42 Å². The van der Waals surface area contributed by atoms with Crippen LogP contribution in [0.5, 0.6) is 0 Å². The van der Waals surface area contributed by atoms with Gasteiger partial charge < -0.3 is 5.73 Å². The molecular weight excluding hydrogens is 408 g/mol. The van der Waals surface area contributed by atoms with Gasteiger partial charge in [0.15, 0.2) is 0 Å². The molecule has 0 unspecified atom stereocenters. The third-order valence-electron chi connectivity index (χ3n) is 6.12. The van der Waals surface area contributed by atoms with E-state index in [4.69, 9.17) is 10.7 Å². The molecule has 0 radical (unpaired) electrons. The Labute approximate surface area is 182 Å². The van der Waals surface area contributed by atoms with Crippen LogP contribution in [0.3, 0.4) is 0 Å². The lowest BCUT2D eigenvalue weighted by atomic mass is 9.72. The fraction of sp³-hybridized carbons (Fsp3) is 0.208. The average molecular weight is 433 g/mol. The van der Waals surface area contributed by atoms with Gasteiger partial charge in [0.1, 0.15) is 5.65 Å². The van der Waals surface area contributed by atoms with Crippen LogP contribution in [0.4, 0.5) is 0 Å². The van der Waals surface area contributed by atoms with Gasteiger partial charge in [-0.3, -0.25) is 4.40 Å². The van der Waals surface area contributed by atoms with Gasteiger partial charge in [0, 0.05) is 29.4 Å². The lowest BCUT2D eigenvalue weighted by Gasteiger charge is -2.38. The number of nitrogens with two attached hydrogens (primary N) is 1. The predicted molar refractivity (Wildman–Crippen MR) is 123 cm³/mol. The maximum Gasteiger partial charge on any atom is 0.201 e. The summed E-state index contributed by atoms with van der Waals surface area (Å²) in [5.41, 5.74) is 13.1. The first-order valence-corrected chi connectivity index (χ1v) is 11.6. The van der Waals surface area contributed by atoms with Crippen LogP contribution in [0.15, 0.2) is 72.9 Å². The van der Waals surface area contributed by atoms with Crippen molar-refractivity contribution in [1.82, 2.24) is 14.1 Å². The Morgan fingerprint density at radius 1 is 0.968 bits per heavy atom. The standard InChI is InChI=1S/C24H24N4O2S/c25-24(13-4-14-24)20-10-8-18(9-11-20)22-23(19-5-2-1-3-6-19)28-16-17(15-26-31(29)30)7-12-21(28)27-22/h1-3,5-12,16,31H,4,13-15,25H2,(H,26,29,30). The second-order valence-electron chi connectivity index (χ2n) is 8.12. The Balaban J connectivity index is 1.63. The van der Waals surface area contributed by atoms with Crippen LogP contribution in [-0.4, -0.2) is 17.8 Å². The number of nitrogens with zero attached hydrogens (tertiary/aromatic N) is 2. The number of hydrogen-bond acceptors (Lipinski definition) is 4. The minimum atomic E-state index is -2.64. The highest BCUT2D eigenvalue weighted by Crippen LogP contribution is 2.40. The molecule has 5 rings (SSSR count). The fourth-order valence-electron chi connectivity index (χ4n) is 4.23. The highest BCUT2D eigenvalue weighted by Gasteiger charge is 2.34. The number of aromatic nitrogens is 2. The molecule has 1 saturated carbocycles. The summed E-state index contributed by atoms with van der Waals surface area (Å²) in [6, 6.07) is 22.4. The molecule has 158 valence electrons. The van der Waals surface area contributed by atoms with Gasteiger partial charge in [-0.05, 0) is 36.5 Å². The van der Waals surface area contributed by atoms with Crippen molar-refractivity contribution >= 4 is 16.5 Å². The first-order chi connectivity index (χ1) is 15.0. The molecule has 2 aromatic carbocycles. The SMILES string of the molecule is NC1(c2ccc(-c3nc4ccc(CN[SH](=O)=O)cn4c3-c3ccccc3)cc2)CCC1. The number of imidazole rings is 1. The molecule has 31 heavy (non-hydrogen) atoms. The van der Waals surface area contributed by atoms with E-state index in [1.54, 1.807) is 0 Å². The number of thiol groups is 1. The maximum atomic E-state index is 10.9. The highest BCUT2D eigenvalue weighted by atomic mass is 32.2. The molecule has 4 aromatic rings. The van der Waals surface area contributed by atoms with Crippen LogP contribution >= 0.6 is 0 Å². The summed E-state index contributed by atoms with van der Waals surface area (Å²) < 4.78 is 26.4. The van der Waals surface area contributed by atoms with Crippen molar-refractivity contribution in [3.63, 3.8) is 0 Å². The lowest BCUT2D eigenvalue weighted by molar-refractivity contribution is 0.253. The van der Waals surface area contributed by atoms with Gasteiger partial charge in [0.05, 0.1) is 11.4 Å². The average Bonchev–Trinajstić information content (AvgIpc) is 3.15. The molecule has 7 heteroatoms. The fourth-order valence-corrected chi connectivity index (χ4v) is 4.54. The summed E-state index contributed by atoms with van der Waals surface area (Å²) in [4.78, 5) is 4.91. The lowest BCUT2D eigenvalue weighted by Crippen LogP contribution is -2.43. The minimum absolute atomic E-state index is 0.190. The quantitative estimate of drug-likeness (QED) is 0.406. The Hall–Kier alpha value is -3.00. The smallest absolute Gasteiger partial charge is 0.201 e. The van der Waals surface area contributed by atoms with Crippen LogP contribution in [-0.2, 0) is 23.0 Å². The van der Waals surface area contributed by atoms with Crippen molar-refractivity contribution in [3.8, 4) is 22.5 Å². The molecule has 6 nitrogen and oxygen atoms in total. The molecule has 0 spiro atoms. The van der Waals surface area contributed by atoms with E-state index in [2.05, 4.69) is 41.1 Å². The molecule has 2 heterocycles. The van der Waals surface area contributed by atoms with Crippen LogP contribution < -0.4 is 10.5 Å². The molecule has 1 fully saturated rings. The van der Waals surface area contributed by atoms with E-state index < -0.39 is 10.9 Å². The van der Waals surface area contributed by atoms with Crippen LogP contribution in [0, 0.1) is 0 Å². The zero-order valence-corrected chi connectivity index (χ0v) is 17.9. The molecule has 0 amide bonds. The van der Waals surface area contributed by atoms with E-state index in [0.29, 0.717) is 0 Å². The molecule has 2 aromatic heterocycles. The topological polar surface area (TPSA) is 89.5 Å². The van der Waals surface area contributed by atoms with Crippen molar-refractivity contribution < 1.29 is 8.42 Å². The van der Waals surface area contributed by atoms with Crippen molar-refractivity contribution in [1.29, 1.82) is 0 Å². The van der Waals surface area contributed by atoms with Gasteiger partial charge in [-0.25, -0.2) is 18.1 Å². The second kappa shape index (κ2) is 7.92. The largest absolute Gasteiger partial charge is 0.321 e. The number of benzene rings is 2. The third kappa shape index (κ3) is 3.76. The van der Waals surface area contributed by atoms with Gasteiger partial charge in [-0.2, -0.15) is 0 Å². The number of nitrogens with one attached hydrogen (secondary N) is 1. The van der Waals surface area contributed by atoms with Gasteiger partial charge in [-0.1, -0.05) is 60.7 Å². The van der Waals surface area contributed by atoms with E-state index in [1.807, 2.05) is 40.9 Å². The van der Waals surface area contributed by atoms with E-state index in [0.717, 1.165) is 46.6 Å². The van der Waals surface area contributed by atoms with Crippen molar-refractivity contribution in [3.05, 3.63) is 84.1 Å². The Kier molecular flexibility index (Phi) is 5.09. The summed E-state index contributed by atoms with van der Waals surface area (Å²) in [6.45, 7) is 0.240. The Morgan fingerprint density at radius 2 is 1.71 bits per heavy atom. The van der Waals surface area contributed by atoms with Gasteiger partial charge in [0.25, 0.3) is 0 Å². The van der Waals surface area contributed by atoms with Crippen molar-refractivity contribution in [2.24, 2.45) is 5.73 Å². The highest BCUT2D eigenvalue weighted by molar-refractivity contribution is 7.70. The molecular formula is C24H24N4O2S. The molecule has 3 N–H and O–H groups in total. The summed E-state index contributed by atoms with van der Waals surface area (Å²) in [5, 5.41) is 0. The molecule has 0 aliphatic heterocycles. The van der Waals surface area contributed by atoms with Gasteiger partial charge in [0.2, 0.25) is 10.9 Å². The number of hydrogen-bond donors (Lipinski definition) is 3. The van der Waals surface area contributed by atoms with Gasteiger partial charge in [-0.15, -0.1) is 0 Å². The second-order valence-corrected chi connectivity index (χ2v) is 8.95. The van der Waals surface area contributed by atoms with Crippen molar-refractivity contribution in [2.75, 3.05) is 0 Å². The Bertz CT molecular complexity index is 1300. The molecule has 0 atom stereocenters. The normalized spacial score (nSPS) is 15.3. The molecule has 0 saturated heterocycles. The molecule has 1 aliphatic rings. The van der Waals surface area contributed by atoms with E-state index in [1.165, 1.54) is 12.0 Å². The molecule has 1 aliphatic carbocycles. The predicted octanol–water partition coefficient (Wildman–Crippen LogP) is 3.62. The van der Waals surface area contributed by atoms with E-state index >= 15 is 0 Å². The number of fused-ring (bicyclic) bond motifs is 1. The summed E-state index contributed by atoms with van der Waals surface area (Å²) >= 11 is 0. The van der Waals surface area contributed by atoms with Gasteiger partial charge >= 0.3 is 0 Å². The first-order valence-electron chi connectivity index (χ1n) is 10.4. The number of rotatable bonds is 6. The zero-order valence-electron chi connectivity index (χ0n) is 17.0. The van der Waals surface area contributed by atoms with Crippen molar-refractivity contribution in [2.45, 2.75) is 31.3 Å². The zero-order chi connectivity index (χ0) is 21.4. The minimum Gasteiger partial charge on any atom is -0.321 e. The van der Waals surface area contributed by atoms with Crippen LogP contribution in [0.2, 0.25) is 0 Å². The summed E-state index contributed by atoms with van der Waals surface area (Å²) in [6.07, 6.45) is 5.18. The Morgan fingerprint density at radius 3 is 2.35 bits per heavy atom. The maximum absolute atomic E-state index is 10.9. The van der Waals surface area contributed by atoms with Crippen LogP contribution in [0.25, 0.3) is 28.2 Å². The molecule has 0 bridgehead atoms. The first kappa shape index (κ1) is 19.9. The number of pyridine rings is 1. The van der Waals surface area contributed by atoms with E-state index in [-0.39, 0.29) is 12.1 Å².